The molecule has 1 aliphatic carbocycles. The van der Waals surface area contributed by atoms with Gasteiger partial charge in [0.05, 0.1) is 13.7 Å². The van der Waals surface area contributed by atoms with Gasteiger partial charge in [-0.25, -0.2) is 4.79 Å². The number of methoxy groups -OCH3 is 1. The number of benzene rings is 1. The smallest absolute Gasteiger partial charge is 0.329 e. The van der Waals surface area contributed by atoms with Gasteiger partial charge in [0, 0.05) is 18.5 Å². The van der Waals surface area contributed by atoms with Crippen molar-refractivity contribution in [3.63, 3.8) is 0 Å². The van der Waals surface area contributed by atoms with Gasteiger partial charge in [-0.15, -0.1) is 6.58 Å². The van der Waals surface area contributed by atoms with Crippen LogP contribution in [0.5, 0.6) is 0 Å². The standard InChI is InChI=1S/C19H24N2O4.C6H12/c1-3-4-5-6-11-17(22)20-13-18(23)21-15-10-8-7-9-14(15)12-16(21)19(24)25-2;1-2-4-6-5-3-1/h3,7-10,16H,1,4-6,11-13H2,2H3,(H,20,22);1-6H2. The van der Waals surface area contributed by atoms with Gasteiger partial charge in [-0.05, 0) is 30.9 Å². The van der Waals surface area contributed by atoms with Crippen molar-refractivity contribution in [1.82, 2.24) is 5.32 Å². The third-order valence-corrected chi connectivity index (χ3v) is 5.72. The molecule has 1 aliphatic heterocycles. The highest BCUT2D eigenvalue weighted by Gasteiger charge is 2.38. The molecule has 1 heterocycles. The summed E-state index contributed by atoms with van der Waals surface area (Å²) in [6.45, 7) is 3.50. The van der Waals surface area contributed by atoms with E-state index in [0.717, 1.165) is 24.8 Å². The maximum absolute atomic E-state index is 12.6. The molecule has 6 heteroatoms. The molecule has 1 atom stereocenters. The van der Waals surface area contributed by atoms with Gasteiger partial charge in [-0.3, -0.25) is 14.5 Å². The minimum atomic E-state index is -0.681. The first kappa shape index (κ1) is 24.6. The minimum Gasteiger partial charge on any atom is -0.467 e. The maximum Gasteiger partial charge on any atom is 0.329 e. The second kappa shape index (κ2) is 13.6. The van der Waals surface area contributed by atoms with E-state index in [4.69, 9.17) is 4.74 Å². The molecule has 0 spiro atoms. The number of carbonyl (C=O) groups is 3. The third-order valence-electron chi connectivity index (χ3n) is 5.72. The molecule has 2 aliphatic rings. The number of allylic oxidation sites excluding steroid dienone is 1. The van der Waals surface area contributed by atoms with Crippen LogP contribution in [0, 0.1) is 0 Å². The lowest BCUT2D eigenvalue weighted by atomic mass is 10.0. The predicted octanol–water partition coefficient (Wildman–Crippen LogP) is 4.32. The van der Waals surface area contributed by atoms with Crippen LogP contribution in [-0.4, -0.2) is 37.5 Å². The van der Waals surface area contributed by atoms with Gasteiger partial charge in [-0.2, -0.15) is 0 Å². The Labute approximate surface area is 186 Å². The molecule has 1 unspecified atom stereocenters. The number of ether oxygens (including phenoxy) is 1. The molecule has 1 aromatic carbocycles. The predicted molar refractivity (Wildman–Crippen MR) is 123 cm³/mol. The lowest BCUT2D eigenvalue weighted by molar-refractivity contribution is -0.143. The zero-order valence-electron chi connectivity index (χ0n) is 18.7. The van der Waals surface area contributed by atoms with E-state index in [2.05, 4.69) is 11.9 Å². The quantitative estimate of drug-likeness (QED) is 0.380. The van der Waals surface area contributed by atoms with Crippen molar-refractivity contribution in [1.29, 1.82) is 0 Å². The number of hydrogen-bond acceptors (Lipinski definition) is 4. The van der Waals surface area contributed by atoms with E-state index in [1.807, 2.05) is 24.3 Å². The van der Waals surface area contributed by atoms with Crippen LogP contribution >= 0.6 is 0 Å². The Balaban J connectivity index is 0.000000488. The van der Waals surface area contributed by atoms with Gasteiger partial charge in [0.25, 0.3) is 0 Å². The molecule has 31 heavy (non-hydrogen) atoms. The average molecular weight is 429 g/mol. The fourth-order valence-corrected chi connectivity index (χ4v) is 4.00. The fraction of sp³-hybridized carbons (Fsp3) is 0.560. The fourth-order valence-electron chi connectivity index (χ4n) is 4.00. The second-order valence-corrected chi connectivity index (χ2v) is 8.07. The SMILES string of the molecule is C1CCCCC1.C=CCCCCC(=O)NCC(=O)N1c2ccccc2CC1C(=O)OC. The summed E-state index contributed by atoms with van der Waals surface area (Å²) < 4.78 is 4.82. The topological polar surface area (TPSA) is 75.7 Å². The lowest BCUT2D eigenvalue weighted by Gasteiger charge is -2.23. The molecule has 3 rings (SSSR count). The Kier molecular flexibility index (Phi) is 10.8. The van der Waals surface area contributed by atoms with Crippen molar-refractivity contribution < 1.29 is 19.1 Å². The van der Waals surface area contributed by atoms with Crippen LogP contribution in [0.25, 0.3) is 0 Å². The summed E-state index contributed by atoms with van der Waals surface area (Å²) >= 11 is 0. The van der Waals surface area contributed by atoms with Crippen molar-refractivity contribution in [2.24, 2.45) is 0 Å². The Bertz CT molecular complexity index is 731. The van der Waals surface area contributed by atoms with Crippen LogP contribution in [-0.2, 0) is 25.5 Å². The Morgan fingerprint density at radius 3 is 2.35 bits per heavy atom. The Morgan fingerprint density at radius 2 is 1.74 bits per heavy atom. The molecule has 0 radical (unpaired) electrons. The number of hydrogen-bond donors (Lipinski definition) is 1. The van der Waals surface area contributed by atoms with Gasteiger partial charge in [0.2, 0.25) is 11.8 Å². The molecule has 1 fully saturated rings. The van der Waals surface area contributed by atoms with Gasteiger partial charge in [0.15, 0.2) is 0 Å². The molecular weight excluding hydrogens is 392 g/mol. The molecule has 6 nitrogen and oxygen atoms in total. The van der Waals surface area contributed by atoms with Crippen molar-refractivity contribution in [2.75, 3.05) is 18.6 Å². The van der Waals surface area contributed by atoms with Crippen molar-refractivity contribution in [2.45, 2.75) is 76.7 Å². The van der Waals surface area contributed by atoms with Gasteiger partial charge >= 0.3 is 5.97 Å². The number of carbonyl (C=O) groups excluding carboxylic acids is 3. The highest BCUT2D eigenvalue weighted by Crippen LogP contribution is 2.32. The molecular formula is C25H36N2O4. The summed E-state index contributed by atoms with van der Waals surface area (Å²) in [5.74, 6) is -0.945. The molecule has 0 bridgehead atoms. The second-order valence-electron chi connectivity index (χ2n) is 8.07. The molecule has 1 saturated carbocycles. The monoisotopic (exact) mass is 428 g/mol. The zero-order chi connectivity index (χ0) is 22.5. The summed E-state index contributed by atoms with van der Waals surface area (Å²) in [7, 11) is 1.30. The average Bonchev–Trinajstić information content (AvgIpc) is 3.21. The molecule has 170 valence electrons. The van der Waals surface area contributed by atoms with E-state index in [0.29, 0.717) is 18.5 Å². The lowest BCUT2D eigenvalue weighted by Crippen LogP contribution is -2.47. The van der Waals surface area contributed by atoms with Crippen LogP contribution in [0.1, 0.15) is 69.8 Å². The van der Waals surface area contributed by atoms with Crippen LogP contribution in [0.3, 0.4) is 0 Å². The summed E-state index contributed by atoms with van der Waals surface area (Å²) in [6, 6.07) is 6.69. The van der Waals surface area contributed by atoms with Crippen molar-refractivity contribution in [3.8, 4) is 0 Å². The van der Waals surface area contributed by atoms with Crippen LogP contribution in [0.4, 0.5) is 5.69 Å². The van der Waals surface area contributed by atoms with Gasteiger partial charge in [-0.1, -0.05) is 62.8 Å². The van der Waals surface area contributed by atoms with Gasteiger partial charge in [0.1, 0.15) is 6.04 Å². The number of unbranched alkanes of at least 4 members (excludes halogenated alkanes) is 2. The maximum atomic E-state index is 12.6. The first-order valence-electron chi connectivity index (χ1n) is 11.4. The van der Waals surface area contributed by atoms with Crippen molar-refractivity contribution >= 4 is 23.5 Å². The molecule has 1 N–H and O–H groups in total. The highest BCUT2D eigenvalue weighted by atomic mass is 16.5. The summed E-state index contributed by atoms with van der Waals surface area (Å²) in [6.07, 6.45) is 14.1. The van der Waals surface area contributed by atoms with E-state index < -0.39 is 12.0 Å². The van der Waals surface area contributed by atoms with E-state index in [9.17, 15) is 14.4 Å². The molecule has 0 aromatic heterocycles. The van der Waals surface area contributed by atoms with E-state index in [1.54, 1.807) is 6.07 Å². The van der Waals surface area contributed by atoms with Crippen molar-refractivity contribution in [3.05, 3.63) is 42.5 Å². The van der Waals surface area contributed by atoms with Crippen LogP contribution < -0.4 is 10.2 Å². The van der Waals surface area contributed by atoms with Crippen LogP contribution in [0.2, 0.25) is 0 Å². The molecule has 2 amide bonds. The number of rotatable bonds is 8. The Morgan fingerprint density at radius 1 is 1.10 bits per heavy atom. The largest absolute Gasteiger partial charge is 0.467 e. The summed E-state index contributed by atoms with van der Waals surface area (Å²) in [5.41, 5.74) is 1.62. The first-order valence-corrected chi connectivity index (χ1v) is 11.4. The molecule has 0 saturated heterocycles. The number of fused-ring (bicyclic) bond motifs is 1. The zero-order valence-corrected chi connectivity index (χ0v) is 18.7. The minimum absolute atomic E-state index is 0.137. The van der Waals surface area contributed by atoms with E-state index >= 15 is 0 Å². The van der Waals surface area contributed by atoms with E-state index in [1.165, 1.54) is 50.5 Å². The Hall–Kier alpha value is -2.63. The molecule has 1 aromatic rings. The number of nitrogens with zero attached hydrogens (tertiary/aromatic N) is 1. The normalized spacial score (nSPS) is 17.1. The number of esters is 1. The van der Waals surface area contributed by atoms with Crippen LogP contribution in [0.15, 0.2) is 36.9 Å². The number of amides is 2. The van der Waals surface area contributed by atoms with E-state index in [-0.39, 0.29) is 18.4 Å². The number of anilines is 1. The third kappa shape index (κ3) is 7.85. The first-order chi connectivity index (χ1) is 15.1. The summed E-state index contributed by atoms with van der Waals surface area (Å²) in [4.78, 5) is 37.9. The number of para-hydroxylation sites is 1. The highest BCUT2D eigenvalue weighted by molar-refractivity contribution is 6.04. The van der Waals surface area contributed by atoms with Gasteiger partial charge < -0.3 is 10.1 Å². The summed E-state index contributed by atoms with van der Waals surface area (Å²) in [5, 5.41) is 2.64. The number of nitrogens with one attached hydrogen (secondary N) is 1.